The van der Waals surface area contributed by atoms with Gasteiger partial charge in [0.15, 0.2) is 12.4 Å². The molecule has 0 saturated carbocycles. The molecule has 1 aliphatic heterocycles. The number of unbranched alkanes of at least 4 members (excludes halogenated alkanes) is 18. The molecule has 8 atom stereocenters. The molecule has 0 aromatic carbocycles. The minimum Gasteiger partial charge on any atom is -0.454 e. The van der Waals surface area contributed by atoms with Gasteiger partial charge in [0.05, 0.1) is 25.4 Å². The highest BCUT2D eigenvalue weighted by Crippen LogP contribution is 2.26. The standard InChI is InChI=1S/C72H117NO10/c1-4-7-10-13-16-19-22-25-27-29-31-32-33-34-35-37-39-42-45-48-51-54-57-60-67(77)83-70-69(79)68(78)66(61-74)82-72(70)81-62-63(64(75)58-55-52-49-46-43-40-24-21-18-15-12-9-6-3)73-71(80)65(76)59-56-53-50-47-44-41-38-36-30-28-26-23-20-17-14-11-8-5-2/h7-8,10-11,16-17,19-20,25-28,31-32,34-36,38,44,47,53,55-56,58,63-66,68-70,72,74-76,78-79H,4-6,9,12-15,18,21-24,29-30,33,37,39-43,45-46,48-52,54,57,59-62H2,1-3H3,(H,73,80)/b10-7-,11-8-,19-16-,20-17-,27-25-,28-26-,32-31-,35-34-,38-36-,47-44-,56-53-,58-55+. The van der Waals surface area contributed by atoms with Gasteiger partial charge in [0.1, 0.15) is 24.4 Å². The first-order valence-electron chi connectivity index (χ1n) is 32.6. The van der Waals surface area contributed by atoms with Crippen molar-refractivity contribution in [3.05, 3.63) is 146 Å². The van der Waals surface area contributed by atoms with Gasteiger partial charge in [-0.05, 0) is 103 Å². The van der Waals surface area contributed by atoms with Crippen LogP contribution in [0.3, 0.4) is 0 Å². The van der Waals surface area contributed by atoms with Gasteiger partial charge in [-0.1, -0.05) is 263 Å². The smallest absolute Gasteiger partial charge is 0.306 e. The summed E-state index contributed by atoms with van der Waals surface area (Å²) in [7, 11) is 0. The number of hydrogen-bond acceptors (Lipinski definition) is 10. The normalized spacial score (nSPS) is 19.5. The van der Waals surface area contributed by atoms with Gasteiger partial charge >= 0.3 is 5.97 Å². The number of aliphatic hydroxyl groups excluding tert-OH is 5. The maximum atomic E-state index is 13.4. The van der Waals surface area contributed by atoms with Gasteiger partial charge in [-0.15, -0.1) is 0 Å². The molecule has 6 N–H and O–H groups in total. The Balaban J connectivity index is 2.71. The Morgan fingerprint density at radius 2 is 0.867 bits per heavy atom. The van der Waals surface area contributed by atoms with Gasteiger partial charge in [-0.2, -0.15) is 0 Å². The van der Waals surface area contributed by atoms with E-state index in [4.69, 9.17) is 14.2 Å². The third-order valence-corrected chi connectivity index (χ3v) is 14.2. The second-order valence-corrected chi connectivity index (χ2v) is 21.7. The molecule has 0 aromatic heterocycles. The topological polar surface area (TPSA) is 175 Å². The summed E-state index contributed by atoms with van der Waals surface area (Å²) in [6.07, 6.45) is 73.2. The molecule has 1 rings (SSSR count). The summed E-state index contributed by atoms with van der Waals surface area (Å²) in [5, 5.41) is 57.0. The van der Waals surface area contributed by atoms with Crippen LogP contribution in [0.25, 0.3) is 0 Å². The maximum Gasteiger partial charge on any atom is 0.306 e. The van der Waals surface area contributed by atoms with Crippen LogP contribution in [-0.4, -0.2) is 99.6 Å². The Bertz CT molecular complexity index is 1910. The molecule has 1 saturated heterocycles. The van der Waals surface area contributed by atoms with E-state index in [1.165, 1.54) is 51.4 Å². The molecule has 1 aliphatic rings. The van der Waals surface area contributed by atoms with E-state index in [0.717, 1.165) is 135 Å². The number of ether oxygens (including phenoxy) is 3. The molecule has 11 nitrogen and oxygen atoms in total. The minimum atomic E-state index is -1.64. The lowest BCUT2D eigenvalue weighted by Gasteiger charge is -2.41. The molecule has 1 heterocycles. The van der Waals surface area contributed by atoms with Crippen LogP contribution in [0.4, 0.5) is 0 Å². The van der Waals surface area contributed by atoms with E-state index in [1.54, 1.807) is 12.2 Å². The zero-order chi connectivity index (χ0) is 60.3. The van der Waals surface area contributed by atoms with Crippen LogP contribution in [-0.2, 0) is 23.8 Å². The predicted octanol–water partition coefficient (Wildman–Crippen LogP) is 16.2. The highest BCUT2D eigenvalue weighted by Gasteiger charge is 2.47. The first-order chi connectivity index (χ1) is 40.7. The van der Waals surface area contributed by atoms with Crippen molar-refractivity contribution in [2.45, 2.75) is 282 Å². The number of aliphatic hydroxyl groups is 5. The lowest BCUT2D eigenvalue weighted by atomic mass is 9.99. The van der Waals surface area contributed by atoms with Crippen LogP contribution >= 0.6 is 0 Å². The fraction of sp³-hybridized carbons (Fsp3) is 0.639. The molecule has 83 heavy (non-hydrogen) atoms. The Morgan fingerprint density at radius 3 is 1.30 bits per heavy atom. The number of allylic oxidation sites excluding steroid dienone is 22. The molecule has 11 heteroatoms. The molecule has 1 amide bonds. The average molecular weight is 1160 g/mol. The van der Waals surface area contributed by atoms with Gasteiger partial charge in [0.25, 0.3) is 0 Å². The van der Waals surface area contributed by atoms with Crippen LogP contribution in [0.1, 0.15) is 233 Å². The van der Waals surface area contributed by atoms with E-state index < -0.39 is 67.4 Å². The van der Waals surface area contributed by atoms with Crippen molar-refractivity contribution in [3.63, 3.8) is 0 Å². The lowest BCUT2D eigenvalue weighted by Crippen LogP contribution is -2.61. The molecule has 1 fully saturated rings. The quantitative estimate of drug-likeness (QED) is 0.0195. The number of amides is 1. The van der Waals surface area contributed by atoms with Gasteiger partial charge in [-0.25, -0.2) is 0 Å². The number of carbonyl (C=O) groups excluding carboxylic acids is 2. The number of esters is 1. The second kappa shape index (κ2) is 57.9. The van der Waals surface area contributed by atoms with E-state index in [9.17, 15) is 35.1 Å². The van der Waals surface area contributed by atoms with E-state index in [-0.39, 0.29) is 19.4 Å². The summed E-state index contributed by atoms with van der Waals surface area (Å²) in [5.74, 6) is -1.31. The van der Waals surface area contributed by atoms with Crippen molar-refractivity contribution in [2.75, 3.05) is 13.2 Å². The summed E-state index contributed by atoms with van der Waals surface area (Å²) >= 11 is 0. The third-order valence-electron chi connectivity index (χ3n) is 14.2. The summed E-state index contributed by atoms with van der Waals surface area (Å²) in [6, 6.07) is -1.08. The SMILES string of the molecule is CC/C=C\C/C=C\C/C=C\C/C=C\C/C=C\C/C=C\CC(O)C(=O)NC(COC1OC(CO)C(O)C(O)C1OC(=O)CCCCCCCCC/C=C\C/C=C\C/C=C\C/C=C\C/C=C\CC)C(O)/C=C/CCCCCCCCCCCCC. The van der Waals surface area contributed by atoms with Crippen molar-refractivity contribution in [3.8, 4) is 0 Å². The van der Waals surface area contributed by atoms with E-state index in [1.807, 2.05) is 18.2 Å². The zero-order valence-electron chi connectivity index (χ0n) is 52.0. The second-order valence-electron chi connectivity index (χ2n) is 21.7. The van der Waals surface area contributed by atoms with Crippen molar-refractivity contribution in [1.29, 1.82) is 0 Å². The van der Waals surface area contributed by atoms with Crippen molar-refractivity contribution in [2.24, 2.45) is 0 Å². The predicted molar refractivity (Wildman–Crippen MR) is 347 cm³/mol. The molecule has 0 bridgehead atoms. The summed E-state index contributed by atoms with van der Waals surface area (Å²) < 4.78 is 17.6. The molecule has 0 radical (unpaired) electrons. The van der Waals surface area contributed by atoms with E-state index >= 15 is 0 Å². The fourth-order valence-corrected chi connectivity index (χ4v) is 9.16. The fourth-order valence-electron chi connectivity index (χ4n) is 9.16. The van der Waals surface area contributed by atoms with Crippen molar-refractivity contribution in [1.82, 2.24) is 5.32 Å². The molecule has 0 aromatic rings. The van der Waals surface area contributed by atoms with Crippen molar-refractivity contribution < 1.29 is 49.3 Å². The first-order valence-corrected chi connectivity index (χ1v) is 32.6. The van der Waals surface area contributed by atoms with E-state index in [2.05, 4.69) is 142 Å². The van der Waals surface area contributed by atoms with Gasteiger partial charge in [-0.3, -0.25) is 9.59 Å². The Hall–Kier alpha value is -4.46. The lowest BCUT2D eigenvalue weighted by molar-refractivity contribution is -0.305. The van der Waals surface area contributed by atoms with Crippen LogP contribution in [0.2, 0.25) is 0 Å². The minimum absolute atomic E-state index is 0.0490. The molecule has 8 unspecified atom stereocenters. The molecule has 470 valence electrons. The van der Waals surface area contributed by atoms with Crippen molar-refractivity contribution >= 4 is 11.9 Å². The Kier molecular flexibility index (Phi) is 53.4. The number of nitrogens with one attached hydrogen (secondary N) is 1. The molecular weight excluding hydrogens is 1040 g/mol. The molecule has 0 spiro atoms. The third kappa shape index (κ3) is 45.6. The number of carbonyl (C=O) groups is 2. The molecule has 0 aliphatic carbocycles. The monoisotopic (exact) mass is 1160 g/mol. The Labute approximate surface area is 505 Å². The number of rotatable bonds is 53. The molecular formula is C72H117NO10. The maximum absolute atomic E-state index is 13.4. The zero-order valence-corrected chi connectivity index (χ0v) is 52.0. The van der Waals surface area contributed by atoms with Crippen LogP contribution < -0.4 is 5.32 Å². The first kappa shape index (κ1) is 76.6. The highest BCUT2D eigenvalue weighted by molar-refractivity contribution is 5.81. The summed E-state index contributed by atoms with van der Waals surface area (Å²) in [5.41, 5.74) is 0. The van der Waals surface area contributed by atoms with E-state index in [0.29, 0.717) is 12.8 Å². The Morgan fingerprint density at radius 1 is 0.482 bits per heavy atom. The summed E-state index contributed by atoms with van der Waals surface area (Å²) in [6.45, 7) is 5.50. The van der Waals surface area contributed by atoms with Crippen LogP contribution in [0, 0.1) is 0 Å². The van der Waals surface area contributed by atoms with Gasteiger partial charge < -0.3 is 45.1 Å². The highest BCUT2D eigenvalue weighted by atomic mass is 16.7. The summed E-state index contributed by atoms with van der Waals surface area (Å²) in [4.78, 5) is 26.6. The number of hydrogen-bond donors (Lipinski definition) is 6. The van der Waals surface area contributed by atoms with Gasteiger partial charge in [0.2, 0.25) is 5.91 Å². The van der Waals surface area contributed by atoms with Gasteiger partial charge in [0, 0.05) is 12.8 Å². The van der Waals surface area contributed by atoms with Crippen LogP contribution in [0.5, 0.6) is 0 Å². The average Bonchev–Trinajstić information content (AvgIpc) is 3.54. The van der Waals surface area contributed by atoms with Crippen LogP contribution in [0.15, 0.2) is 146 Å². The largest absolute Gasteiger partial charge is 0.454 e.